The second-order valence-electron chi connectivity index (χ2n) is 7.24. The molecule has 1 amide bonds. The van der Waals surface area contributed by atoms with Crippen LogP contribution in [0.15, 0.2) is 0 Å². The van der Waals surface area contributed by atoms with Crippen molar-refractivity contribution >= 4 is 6.09 Å². The highest BCUT2D eigenvalue weighted by Crippen LogP contribution is 2.19. The minimum Gasteiger partial charge on any atom is -0.444 e. The van der Waals surface area contributed by atoms with Gasteiger partial charge in [0.05, 0.1) is 0 Å². The van der Waals surface area contributed by atoms with Gasteiger partial charge in [0.2, 0.25) is 0 Å². The zero-order valence-electron chi connectivity index (χ0n) is 14.6. The number of unbranched alkanes of at least 4 members (excludes halogenated alkanes) is 1. The maximum absolute atomic E-state index is 12.0. The summed E-state index contributed by atoms with van der Waals surface area (Å²) in [5, 5.41) is 3.68. The molecular formula is C17H34N2O2. The second-order valence-corrected chi connectivity index (χ2v) is 7.24. The zero-order chi connectivity index (χ0) is 15.9. The van der Waals surface area contributed by atoms with Gasteiger partial charge in [0, 0.05) is 19.1 Å². The van der Waals surface area contributed by atoms with E-state index in [0.29, 0.717) is 12.0 Å². The highest BCUT2D eigenvalue weighted by molar-refractivity contribution is 5.68. The quantitative estimate of drug-likeness (QED) is 0.777. The summed E-state index contributed by atoms with van der Waals surface area (Å²) in [4.78, 5) is 13.9. The first-order valence-corrected chi connectivity index (χ1v) is 8.57. The van der Waals surface area contributed by atoms with Gasteiger partial charge in [-0.2, -0.15) is 0 Å². The summed E-state index contributed by atoms with van der Waals surface area (Å²) in [7, 11) is 0. The Morgan fingerprint density at radius 1 is 1.38 bits per heavy atom. The normalized spacial score (nSPS) is 20.6. The molecule has 0 bridgehead atoms. The number of ether oxygens (including phenoxy) is 1. The molecule has 0 radical (unpaired) electrons. The predicted octanol–water partition coefficient (Wildman–Crippen LogP) is 3.80. The van der Waals surface area contributed by atoms with E-state index in [1.807, 2.05) is 25.7 Å². The fourth-order valence-corrected chi connectivity index (χ4v) is 2.73. The summed E-state index contributed by atoms with van der Waals surface area (Å²) in [6.07, 6.45) is 5.91. The van der Waals surface area contributed by atoms with Crippen LogP contribution in [0.2, 0.25) is 0 Å². The summed E-state index contributed by atoms with van der Waals surface area (Å²) in [6.45, 7) is 12.9. The number of hydrogen-bond acceptors (Lipinski definition) is 3. The van der Waals surface area contributed by atoms with Gasteiger partial charge in [0.15, 0.2) is 0 Å². The number of nitrogens with zero attached hydrogens (tertiary/aromatic N) is 1. The summed E-state index contributed by atoms with van der Waals surface area (Å²) in [5.74, 6) is 0.563. The van der Waals surface area contributed by atoms with Crippen molar-refractivity contribution in [3.8, 4) is 0 Å². The molecule has 124 valence electrons. The summed E-state index contributed by atoms with van der Waals surface area (Å²) >= 11 is 0. The van der Waals surface area contributed by atoms with E-state index < -0.39 is 5.60 Å². The molecule has 2 unspecified atom stereocenters. The van der Waals surface area contributed by atoms with Crippen molar-refractivity contribution in [1.82, 2.24) is 10.2 Å². The highest BCUT2D eigenvalue weighted by Gasteiger charge is 2.29. The highest BCUT2D eigenvalue weighted by atomic mass is 16.6. The fourth-order valence-electron chi connectivity index (χ4n) is 2.73. The van der Waals surface area contributed by atoms with Crippen LogP contribution in [-0.4, -0.2) is 42.3 Å². The van der Waals surface area contributed by atoms with Gasteiger partial charge in [0.1, 0.15) is 5.60 Å². The Labute approximate surface area is 130 Å². The summed E-state index contributed by atoms with van der Waals surface area (Å²) in [5.41, 5.74) is -0.402. The van der Waals surface area contributed by atoms with Crippen molar-refractivity contribution in [1.29, 1.82) is 0 Å². The minimum atomic E-state index is -0.402. The monoisotopic (exact) mass is 298 g/mol. The number of nitrogens with one attached hydrogen (secondary N) is 1. The lowest BCUT2D eigenvalue weighted by molar-refractivity contribution is 0.0288. The van der Waals surface area contributed by atoms with Crippen LogP contribution in [0.4, 0.5) is 4.79 Å². The SMILES string of the molecule is CCCCC(CC)NCC1CCN(C(=O)OC(C)(C)C)C1. The molecule has 1 heterocycles. The van der Waals surface area contributed by atoms with Crippen molar-refractivity contribution in [2.45, 2.75) is 78.4 Å². The van der Waals surface area contributed by atoms with Gasteiger partial charge in [-0.05, 0) is 52.5 Å². The van der Waals surface area contributed by atoms with Crippen LogP contribution < -0.4 is 5.32 Å². The van der Waals surface area contributed by atoms with E-state index >= 15 is 0 Å². The van der Waals surface area contributed by atoms with Crippen molar-refractivity contribution in [2.24, 2.45) is 5.92 Å². The third-order valence-corrected chi connectivity index (χ3v) is 4.03. The number of likely N-dealkylation sites (tertiary alicyclic amines) is 1. The van der Waals surface area contributed by atoms with Gasteiger partial charge in [-0.25, -0.2) is 4.79 Å². The van der Waals surface area contributed by atoms with E-state index in [2.05, 4.69) is 19.2 Å². The van der Waals surface area contributed by atoms with E-state index in [-0.39, 0.29) is 6.09 Å². The van der Waals surface area contributed by atoms with Crippen LogP contribution in [0.5, 0.6) is 0 Å². The number of rotatable bonds is 7. The minimum absolute atomic E-state index is 0.164. The molecule has 4 nitrogen and oxygen atoms in total. The number of carbonyl (C=O) groups excluding carboxylic acids is 1. The van der Waals surface area contributed by atoms with E-state index in [1.54, 1.807) is 0 Å². The van der Waals surface area contributed by atoms with Gasteiger partial charge in [-0.1, -0.05) is 26.7 Å². The molecule has 4 heteroatoms. The topological polar surface area (TPSA) is 41.6 Å². The molecule has 0 aromatic heterocycles. The predicted molar refractivity (Wildman–Crippen MR) is 87.5 cm³/mol. The number of hydrogen-bond donors (Lipinski definition) is 1. The molecule has 1 fully saturated rings. The Kier molecular flexibility index (Phi) is 7.50. The van der Waals surface area contributed by atoms with E-state index in [1.165, 1.54) is 25.7 Å². The lowest BCUT2D eigenvalue weighted by Gasteiger charge is -2.24. The second kappa shape index (κ2) is 8.62. The van der Waals surface area contributed by atoms with E-state index in [4.69, 9.17) is 4.74 Å². The molecule has 1 N–H and O–H groups in total. The molecule has 2 atom stereocenters. The number of amides is 1. The molecule has 0 aromatic carbocycles. The maximum Gasteiger partial charge on any atom is 0.410 e. The van der Waals surface area contributed by atoms with Crippen molar-refractivity contribution in [3.05, 3.63) is 0 Å². The summed E-state index contributed by atoms with van der Waals surface area (Å²) < 4.78 is 5.44. The van der Waals surface area contributed by atoms with Crippen LogP contribution in [0.1, 0.15) is 66.7 Å². The molecule has 0 aliphatic carbocycles. The lowest BCUT2D eigenvalue weighted by atomic mass is 10.1. The van der Waals surface area contributed by atoms with Gasteiger partial charge in [-0.3, -0.25) is 0 Å². The average molecular weight is 298 g/mol. The molecular weight excluding hydrogens is 264 g/mol. The first-order valence-electron chi connectivity index (χ1n) is 8.57. The van der Waals surface area contributed by atoms with E-state index in [0.717, 1.165) is 26.1 Å². The first kappa shape index (κ1) is 18.3. The molecule has 21 heavy (non-hydrogen) atoms. The summed E-state index contributed by atoms with van der Waals surface area (Å²) in [6, 6.07) is 0.625. The zero-order valence-corrected chi connectivity index (χ0v) is 14.6. The van der Waals surface area contributed by atoms with Gasteiger partial charge >= 0.3 is 6.09 Å². The maximum atomic E-state index is 12.0. The molecule has 1 aliphatic rings. The van der Waals surface area contributed by atoms with Gasteiger partial charge < -0.3 is 15.0 Å². The Hall–Kier alpha value is -0.770. The molecule has 1 aliphatic heterocycles. The Bertz CT molecular complexity index is 312. The third-order valence-electron chi connectivity index (χ3n) is 4.03. The Morgan fingerprint density at radius 3 is 2.67 bits per heavy atom. The number of carbonyl (C=O) groups is 1. The first-order chi connectivity index (χ1) is 9.85. The average Bonchev–Trinajstić information content (AvgIpc) is 2.86. The molecule has 0 aromatic rings. The van der Waals surface area contributed by atoms with Crippen LogP contribution in [0.3, 0.4) is 0 Å². The van der Waals surface area contributed by atoms with Crippen molar-refractivity contribution in [2.75, 3.05) is 19.6 Å². The standard InChI is InChI=1S/C17H34N2O2/c1-6-8-9-15(7-2)18-12-14-10-11-19(13-14)16(20)21-17(3,4)5/h14-15,18H,6-13H2,1-5H3. The molecule has 1 rings (SSSR count). The molecule has 0 spiro atoms. The fraction of sp³-hybridized carbons (Fsp3) is 0.941. The van der Waals surface area contributed by atoms with E-state index in [9.17, 15) is 4.79 Å². The van der Waals surface area contributed by atoms with Gasteiger partial charge in [-0.15, -0.1) is 0 Å². The largest absolute Gasteiger partial charge is 0.444 e. The van der Waals surface area contributed by atoms with Crippen molar-refractivity contribution < 1.29 is 9.53 Å². The van der Waals surface area contributed by atoms with Gasteiger partial charge in [0.25, 0.3) is 0 Å². The molecule has 1 saturated heterocycles. The smallest absolute Gasteiger partial charge is 0.410 e. The third kappa shape index (κ3) is 7.16. The van der Waals surface area contributed by atoms with Crippen LogP contribution in [0, 0.1) is 5.92 Å². The van der Waals surface area contributed by atoms with Crippen LogP contribution in [0.25, 0.3) is 0 Å². The Morgan fingerprint density at radius 2 is 2.10 bits per heavy atom. The lowest BCUT2D eigenvalue weighted by Crippen LogP contribution is -2.37. The van der Waals surface area contributed by atoms with Crippen molar-refractivity contribution in [3.63, 3.8) is 0 Å². The molecule has 0 saturated carbocycles. The Balaban J connectivity index is 2.29. The van der Waals surface area contributed by atoms with Crippen LogP contribution >= 0.6 is 0 Å². The van der Waals surface area contributed by atoms with Crippen LogP contribution in [-0.2, 0) is 4.74 Å².